The Bertz CT molecular complexity index is 1450. The van der Waals surface area contributed by atoms with E-state index in [-0.39, 0.29) is 25.0 Å². The minimum Gasteiger partial charge on any atom is -0.404 e. The Morgan fingerprint density at radius 1 is 0.889 bits per heavy atom. The molecule has 2 N–H and O–H groups in total. The Balaban J connectivity index is 1.17. The number of carbonyl (C=O) groups excluding carboxylic acids is 2. The molecule has 3 aromatic rings. The fourth-order valence-electron chi connectivity index (χ4n) is 5.33. The Labute approximate surface area is 271 Å². The lowest BCUT2D eigenvalue weighted by molar-refractivity contribution is 0.0951. The van der Waals surface area contributed by atoms with Gasteiger partial charge in [0.15, 0.2) is 0 Å². The predicted molar refractivity (Wildman–Crippen MR) is 178 cm³/mol. The number of carbonyl (C=O) groups is 2. The minimum absolute atomic E-state index is 0.138. The summed E-state index contributed by atoms with van der Waals surface area (Å²) in [6, 6.07) is 19.5. The van der Waals surface area contributed by atoms with Crippen LogP contribution in [-0.2, 0) is 13.6 Å². The molecule has 0 atom stereocenters. The first-order valence-corrected chi connectivity index (χ1v) is 17.4. The lowest BCUT2D eigenvalue weighted by atomic mass is 9.88. The van der Waals surface area contributed by atoms with Crippen LogP contribution in [0.15, 0.2) is 66.7 Å². The van der Waals surface area contributed by atoms with Gasteiger partial charge in [-0.2, -0.15) is 0 Å². The van der Waals surface area contributed by atoms with Crippen molar-refractivity contribution in [2.75, 3.05) is 44.7 Å². The largest absolute Gasteiger partial charge is 0.530 e. The fourth-order valence-corrected chi connectivity index (χ4v) is 6.66. The third kappa shape index (κ3) is 10.4. The number of nitrogens with zero attached hydrogens (tertiary/aromatic N) is 1. The molecule has 3 aromatic carbocycles. The Hall–Kier alpha value is -3.20. The first-order chi connectivity index (χ1) is 21.7. The number of piperidine rings is 1. The summed E-state index contributed by atoms with van der Waals surface area (Å²) in [6.45, 7) is 9.46. The van der Waals surface area contributed by atoms with Crippen LogP contribution in [0.5, 0.6) is 5.75 Å². The van der Waals surface area contributed by atoms with Gasteiger partial charge in [-0.25, -0.2) is 4.57 Å². The van der Waals surface area contributed by atoms with Crippen molar-refractivity contribution < 1.29 is 27.7 Å². The van der Waals surface area contributed by atoms with Crippen molar-refractivity contribution in [2.45, 2.75) is 52.4 Å². The second kappa shape index (κ2) is 16.9. The van der Waals surface area contributed by atoms with E-state index in [2.05, 4.69) is 27.7 Å². The maximum Gasteiger partial charge on any atom is 0.530 e. The summed E-state index contributed by atoms with van der Waals surface area (Å²) in [5.41, 5.74) is 3.72. The molecule has 1 aliphatic heterocycles. The molecule has 1 heterocycles. The highest BCUT2D eigenvalue weighted by Crippen LogP contribution is 2.51. The van der Waals surface area contributed by atoms with E-state index in [9.17, 15) is 14.2 Å². The third-order valence-electron chi connectivity index (χ3n) is 7.68. The molecule has 1 aliphatic rings. The van der Waals surface area contributed by atoms with Gasteiger partial charge in [0.05, 0.1) is 13.2 Å². The van der Waals surface area contributed by atoms with E-state index in [4.69, 9.17) is 25.2 Å². The van der Waals surface area contributed by atoms with Crippen LogP contribution in [0.25, 0.3) is 0 Å². The van der Waals surface area contributed by atoms with Gasteiger partial charge in [0, 0.05) is 28.4 Å². The molecular weight excluding hydrogens is 613 g/mol. The number of hydrogen-bond donors (Lipinski definition) is 2. The van der Waals surface area contributed by atoms with E-state index >= 15 is 0 Å². The maximum absolute atomic E-state index is 13.1. The topological polar surface area (TPSA) is 106 Å². The highest BCUT2D eigenvalue weighted by Gasteiger charge is 2.31. The molecule has 0 bridgehead atoms. The number of phosphoric ester groups is 1. The molecule has 0 saturated carbocycles. The number of unbranched alkanes of at least 4 members (excludes halogenated alkanes) is 1. The number of aryl methyl sites for hydroxylation is 1. The molecule has 0 unspecified atom stereocenters. The van der Waals surface area contributed by atoms with Crippen LogP contribution in [0, 0.1) is 6.92 Å². The predicted octanol–water partition coefficient (Wildman–Crippen LogP) is 7.85. The summed E-state index contributed by atoms with van der Waals surface area (Å²) >= 11 is 5.89. The van der Waals surface area contributed by atoms with E-state index in [0.717, 1.165) is 56.4 Å². The zero-order valence-electron chi connectivity index (χ0n) is 26.2. The van der Waals surface area contributed by atoms with Crippen molar-refractivity contribution >= 4 is 36.9 Å². The molecule has 1 saturated heterocycles. The van der Waals surface area contributed by atoms with Gasteiger partial charge in [0.1, 0.15) is 5.75 Å². The molecule has 2 amide bonds. The summed E-state index contributed by atoms with van der Waals surface area (Å²) in [7, 11) is -3.68. The van der Waals surface area contributed by atoms with Crippen LogP contribution in [-0.4, -0.2) is 56.1 Å². The van der Waals surface area contributed by atoms with Crippen LogP contribution in [0.4, 0.5) is 5.69 Å². The minimum atomic E-state index is -3.68. The van der Waals surface area contributed by atoms with Gasteiger partial charge in [-0.05, 0) is 138 Å². The number of halogens is 1. The molecule has 242 valence electrons. The molecule has 4 rings (SSSR count). The van der Waals surface area contributed by atoms with Gasteiger partial charge < -0.3 is 20.1 Å². The first kappa shape index (κ1) is 34.7. The van der Waals surface area contributed by atoms with Gasteiger partial charge in [-0.1, -0.05) is 23.7 Å². The van der Waals surface area contributed by atoms with Gasteiger partial charge in [0.2, 0.25) is 0 Å². The molecule has 0 aliphatic carbocycles. The molecule has 1 fully saturated rings. The number of benzene rings is 3. The van der Waals surface area contributed by atoms with Gasteiger partial charge in [-0.15, -0.1) is 0 Å². The van der Waals surface area contributed by atoms with Crippen LogP contribution >= 0.6 is 19.4 Å². The van der Waals surface area contributed by atoms with Crippen molar-refractivity contribution in [1.29, 1.82) is 0 Å². The number of nitrogens with one attached hydrogen (secondary N) is 2. The van der Waals surface area contributed by atoms with E-state index in [1.807, 2.05) is 13.0 Å². The summed E-state index contributed by atoms with van der Waals surface area (Å²) in [5, 5.41) is 6.38. The number of hydrogen-bond acceptors (Lipinski definition) is 7. The normalized spacial score (nSPS) is 14.2. The number of amides is 2. The average molecular weight is 656 g/mol. The molecule has 45 heavy (non-hydrogen) atoms. The van der Waals surface area contributed by atoms with E-state index in [0.29, 0.717) is 40.0 Å². The molecule has 11 heteroatoms. The average Bonchev–Trinajstić information content (AvgIpc) is 3.02. The van der Waals surface area contributed by atoms with Crippen LogP contribution < -0.4 is 15.2 Å². The number of phosphoric acid groups is 1. The highest BCUT2D eigenvalue weighted by atomic mass is 35.5. The molecule has 0 aromatic heterocycles. The highest BCUT2D eigenvalue weighted by molar-refractivity contribution is 7.48. The zero-order chi connectivity index (χ0) is 32.2. The number of likely N-dealkylation sites (tertiary alicyclic amines) is 1. The van der Waals surface area contributed by atoms with Gasteiger partial charge in [0.25, 0.3) is 11.8 Å². The monoisotopic (exact) mass is 655 g/mol. The summed E-state index contributed by atoms with van der Waals surface area (Å²) < 4.78 is 29.7. The van der Waals surface area contributed by atoms with Crippen molar-refractivity contribution in [3.63, 3.8) is 0 Å². The van der Waals surface area contributed by atoms with Crippen LogP contribution in [0.2, 0.25) is 5.02 Å². The van der Waals surface area contributed by atoms with Crippen LogP contribution in [0.3, 0.4) is 0 Å². The number of anilines is 1. The standard InChI is InChI=1S/C34H43ClN3O6P/c1-4-42-45(41,43-5-2)44-32-24-25(3)8-17-31(32)26-18-22-38(23-19-26)21-7-6-20-36-33(39)27-11-15-30(16-12-27)37-34(40)28-9-13-29(35)14-10-28/h8-17,24,26H,4-7,18-23H2,1-3H3,(H,36,39)(H,37,40). The fraction of sp³-hybridized carbons (Fsp3) is 0.412. The Morgan fingerprint density at radius 3 is 2.16 bits per heavy atom. The van der Waals surface area contributed by atoms with Crippen molar-refractivity contribution in [1.82, 2.24) is 10.2 Å². The second-order valence-corrected chi connectivity index (χ2v) is 13.1. The number of rotatable bonds is 15. The van der Waals surface area contributed by atoms with Gasteiger partial charge >= 0.3 is 7.82 Å². The SMILES string of the molecule is CCOP(=O)(OCC)Oc1cc(C)ccc1C1CCN(CCCCNC(=O)c2ccc(NC(=O)c3ccc(Cl)cc3)cc2)CC1. The van der Waals surface area contributed by atoms with Crippen molar-refractivity contribution in [3.05, 3.63) is 94.0 Å². The lowest BCUT2D eigenvalue weighted by Gasteiger charge is -2.33. The van der Waals surface area contributed by atoms with E-state index in [1.165, 1.54) is 0 Å². The van der Waals surface area contributed by atoms with Crippen LogP contribution in [0.1, 0.15) is 77.3 Å². The van der Waals surface area contributed by atoms with Crippen molar-refractivity contribution in [2.24, 2.45) is 0 Å². The quantitative estimate of drug-likeness (QED) is 0.127. The summed E-state index contributed by atoms with van der Waals surface area (Å²) in [5.74, 6) is 0.492. The molecule has 9 nitrogen and oxygen atoms in total. The Kier molecular flexibility index (Phi) is 13.0. The van der Waals surface area contributed by atoms with E-state index < -0.39 is 7.82 Å². The second-order valence-electron chi connectivity index (χ2n) is 11.0. The molecule has 0 spiro atoms. The summed E-state index contributed by atoms with van der Waals surface area (Å²) in [6.07, 6.45) is 3.80. The Morgan fingerprint density at radius 2 is 1.51 bits per heavy atom. The summed E-state index contributed by atoms with van der Waals surface area (Å²) in [4.78, 5) is 27.5. The van der Waals surface area contributed by atoms with Gasteiger partial charge in [-0.3, -0.25) is 18.6 Å². The third-order valence-corrected chi connectivity index (χ3v) is 9.50. The van der Waals surface area contributed by atoms with E-state index in [1.54, 1.807) is 62.4 Å². The maximum atomic E-state index is 13.1. The first-order valence-electron chi connectivity index (χ1n) is 15.6. The molecular formula is C34H43ClN3O6P. The zero-order valence-corrected chi connectivity index (χ0v) is 27.9. The molecule has 0 radical (unpaired) electrons. The lowest BCUT2D eigenvalue weighted by Crippen LogP contribution is -2.34. The smallest absolute Gasteiger partial charge is 0.404 e. The van der Waals surface area contributed by atoms with Crippen molar-refractivity contribution in [3.8, 4) is 5.75 Å².